The average Bonchev–Trinajstić information content (AvgIpc) is 3.13. The van der Waals surface area contributed by atoms with Crippen molar-refractivity contribution in [1.29, 1.82) is 5.26 Å². The van der Waals surface area contributed by atoms with Crippen LogP contribution >= 0.6 is 11.3 Å². The topological polar surface area (TPSA) is 69.0 Å². The summed E-state index contributed by atoms with van der Waals surface area (Å²) in [5, 5.41) is 12.9. The molecule has 3 aliphatic rings. The maximum atomic E-state index is 12.5. The SMILES string of the molecule is N#Cc1ccccc1-c1cnc(C(=O)N[C@H]2CN3CCC2CC3)s1. The molecule has 5 rings (SSSR count). The highest BCUT2D eigenvalue weighted by atomic mass is 32.1. The molecule has 122 valence electrons. The van der Waals surface area contributed by atoms with Crippen molar-refractivity contribution in [3.05, 3.63) is 41.0 Å². The van der Waals surface area contributed by atoms with E-state index in [1.165, 1.54) is 24.2 Å². The Morgan fingerprint density at radius 3 is 2.83 bits per heavy atom. The van der Waals surface area contributed by atoms with Crippen LogP contribution in [0, 0.1) is 17.2 Å². The molecular weight excluding hydrogens is 320 g/mol. The number of carbonyl (C=O) groups excluding carboxylic acids is 1. The predicted octanol–water partition coefficient (Wildman–Crippen LogP) is 2.51. The normalized spacial score (nSPS) is 25.2. The lowest BCUT2D eigenvalue weighted by molar-refractivity contribution is 0.0620. The van der Waals surface area contributed by atoms with Crippen LogP contribution in [0.5, 0.6) is 0 Å². The smallest absolute Gasteiger partial charge is 0.280 e. The van der Waals surface area contributed by atoms with E-state index in [4.69, 9.17) is 0 Å². The fourth-order valence-corrected chi connectivity index (χ4v) is 4.52. The first-order valence-corrected chi connectivity index (χ1v) is 9.05. The Bertz CT molecular complexity index is 801. The number of piperidine rings is 3. The molecule has 1 amide bonds. The quantitative estimate of drug-likeness (QED) is 0.933. The summed E-state index contributed by atoms with van der Waals surface area (Å²) in [6, 6.07) is 9.82. The monoisotopic (exact) mass is 338 g/mol. The summed E-state index contributed by atoms with van der Waals surface area (Å²) >= 11 is 1.34. The number of aromatic nitrogens is 1. The number of nitrogens with one attached hydrogen (secondary N) is 1. The van der Waals surface area contributed by atoms with Gasteiger partial charge in [0.15, 0.2) is 5.01 Å². The molecule has 5 nitrogen and oxygen atoms in total. The zero-order valence-corrected chi connectivity index (χ0v) is 14.1. The van der Waals surface area contributed by atoms with E-state index in [2.05, 4.69) is 21.3 Å². The average molecular weight is 338 g/mol. The first-order valence-electron chi connectivity index (χ1n) is 8.23. The van der Waals surface area contributed by atoms with E-state index >= 15 is 0 Å². The Kier molecular flexibility index (Phi) is 4.05. The minimum absolute atomic E-state index is 0.0977. The van der Waals surface area contributed by atoms with Gasteiger partial charge in [-0.1, -0.05) is 18.2 Å². The van der Waals surface area contributed by atoms with Gasteiger partial charge in [-0.05, 0) is 37.9 Å². The third-order valence-electron chi connectivity index (χ3n) is 4.99. The summed E-state index contributed by atoms with van der Waals surface area (Å²) in [5.74, 6) is 0.497. The van der Waals surface area contributed by atoms with Gasteiger partial charge in [0.05, 0.1) is 16.5 Å². The largest absolute Gasteiger partial charge is 0.346 e. The summed E-state index contributed by atoms with van der Waals surface area (Å²) in [6.07, 6.45) is 4.03. The molecule has 24 heavy (non-hydrogen) atoms. The first-order chi connectivity index (χ1) is 11.7. The van der Waals surface area contributed by atoms with Crippen LogP contribution in [0.15, 0.2) is 30.5 Å². The van der Waals surface area contributed by atoms with E-state index in [1.54, 1.807) is 12.3 Å². The molecule has 3 saturated heterocycles. The fraction of sp³-hybridized carbons (Fsp3) is 0.389. The van der Waals surface area contributed by atoms with Crippen LogP contribution in [0.2, 0.25) is 0 Å². The molecular formula is C18H18N4OS. The van der Waals surface area contributed by atoms with Crippen LogP contribution in [0.1, 0.15) is 28.2 Å². The van der Waals surface area contributed by atoms with Crippen molar-refractivity contribution in [1.82, 2.24) is 15.2 Å². The second-order valence-electron chi connectivity index (χ2n) is 6.41. The van der Waals surface area contributed by atoms with Crippen molar-refractivity contribution in [2.24, 2.45) is 5.92 Å². The Hall–Kier alpha value is -2.23. The number of benzene rings is 1. The minimum Gasteiger partial charge on any atom is -0.346 e. The van der Waals surface area contributed by atoms with Gasteiger partial charge in [-0.25, -0.2) is 4.98 Å². The zero-order valence-electron chi connectivity index (χ0n) is 13.2. The van der Waals surface area contributed by atoms with Gasteiger partial charge in [0.25, 0.3) is 5.91 Å². The molecule has 1 atom stereocenters. The number of thiazole rings is 1. The first kappa shape index (κ1) is 15.3. The van der Waals surface area contributed by atoms with E-state index in [0.29, 0.717) is 16.5 Å². The van der Waals surface area contributed by atoms with Crippen molar-refractivity contribution in [2.75, 3.05) is 19.6 Å². The van der Waals surface area contributed by atoms with Crippen LogP contribution in [-0.2, 0) is 0 Å². The molecule has 2 bridgehead atoms. The summed E-state index contributed by atoms with van der Waals surface area (Å²) in [7, 11) is 0. The number of hydrogen-bond donors (Lipinski definition) is 1. The van der Waals surface area contributed by atoms with Gasteiger partial charge in [-0.3, -0.25) is 4.79 Å². The highest BCUT2D eigenvalue weighted by Gasteiger charge is 2.35. The zero-order chi connectivity index (χ0) is 16.5. The highest BCUT2D eigenvalue weighted by Crippen LogP contribution is 2.30. The molecule has 3 fully saturated rings. The van der Waals surface area contributed by atoms with Crippen molar-refractivity contribution >= 4 is 17.2 Å². The van der Waals surface area contributed by atoms with Gasteiger partial charge in [0.1, 0.15) is 0 Å². The summed E-state index contributed by atoms with van der Waals surface area (Å²) in [4.78, 5) is 20.1. The molecule has 1 aromatic heterocycles. The van der Waals surface area contributed by atoms with E-state index in [1.807, 2.05) is 18.2 Å². The Morgan fingerprint density at radius 1 is 1.33 bits per heavy atom. The van der Waals surface area contributed by atoms with Gasteiger partial charge in [-0.2, -0.15) is 5.26 Å². The molecule has 0 spiro atoms. The Balaban J connectivity index is 1.50. The van der Waals surface area contributed by atoms with E-state index in [-0.39, 0.29) is 11.9 Å². The number of fused-ring (bicyclic) bond motifs is 3. The molecule has 0 radical (unpaired) electrons. The maximum absolute atomic E-state index is 12.5. The molecule has 2 aromatic rings. The van der Waals surface area contributed by atoms with Crippen LogP contribution in [0.4, 0.5) is 0 Å². The number of amides is 1. The standard InChI is InChI=1S/C18H18N4OS/c19-9-13-3-1-2-4-14(13)16-10-20-18(24-16)17(23)21-15-11-22-7-5-12(15)6-8-22/h1-4,10,12,15H,5-8,11H2,(H,21,23)/t15-/m0/s1. The molecule has 0 unspecified atom stereocenters. The molecule has 1 aromatic carbocycles. The number of rotatable bonds is 3. The summed E-state index contributed by atoms with van der Waals surface area (Å²) < 4.78 is 0. The molecule has 1 N–H and O–H groups in total. The maximum Gasteiger partial charge on any atom is 0.280 e. The third kappa shape index (κ3) is 2.81. The lowest BCUT2D eigenvalue weighted by Gasteiger charge is -2.44. The number of nitrogens with zero attached hydrogens (tertiary/aromatic N) is 3. The van der Waals surface area contributed by atoms with Crippen molar-refractivity contribution < 1.29 is 4.79 Å². The second-order valence-corrected chi connectivity index (χ2v) is 7.44. The van der Waals surface area contributed by atoms with Gasteiger partial charge >= 0.3 is 0 Å². The minimum atomic E-state index is -0.0977. The van der Waals surface area contributed by atoms with Gasteiger partial charge in [0.2, 0.25) is 0 Å². The second kappa shape index (κ2) is 6.34. The third-order valence-corrected chi connectivity index (χ3v) is 6.01. The van der Waals surface area contributed by atoms with Crippen LogP contribution in [0.3, 0.4) is 0 Å². The summed E-state index contributed by atoms with van der Waals surface area (Å²) in [5.41, 5.74) is 1.44. The molecule has 4 heterocycles. The van der Waals surface area contributed by atoms with E-state index in [9.17, 15) is 10.1 Å². The lowest BCUT2D eigenvalue weighted by atomic mass is 9.84. The Labute approximate surface area is 144 Å². The molecule has 6 heteroatoms. The Morgan fingerprint density at radius 2 is 2.12 bits per heavy atom. The van der Waals surface area contributed by atoms with Crippen molar-refractivity contribution in [3.8, 4) is 16.5 Å². The van der Waals surface area contributed by atoms with Gasteiger partial charge < -0.3 is 10.2 Å². The number of hydrogen-bond acceptors (Lipinski definition) is 5. The van der Waals surface area contributed by atoms with Gasteiger partial charge in [-0.15, -0.1) is 11.3 Å². The molecule has 0 saturated carbocycles. The lowest BCUT2D eigenvalue weighted by Crippen LogP contribution is -2.57. The van der Waals surface area contributed by atoms with Crippen molar-refractivity contribution in [3.63, 3.8) is 0 Å². The van der Waals surface area contributed by atoms with Crippen LogP contribution in [0.25, 0.3) is 10.4 Å². The van der Waals surface area contributed by atoms with Gasteiger partial charge in [0, 0.05) is 24.3 Å². The number of carbonyl (C=O) groups is 1. The van der Waals surface area contributed by atoms with Crippen molar-refractivity contribution in [2.45, 2.75) is 18.9 Å². The van der Waals surface area contributed by atoms with E-state index in [0.717, 1.165) is 30.1 Å². The number of nitriles is 1. The molecule has 3 aliphatic heterocycles. The van der Waals surface area contributed by atoms with Crippen LogP contribution in [-0.4, -0.2) is 41.5 Å². The highest BCUT2D eigenvalue weighted by molar-refractivity contribution is 7.17. The van der Waals surface area contributed by atoms with E-state index < -0.39 is 0 Å². The fourth-order valence-electron chi connectivity index (χ4n) is 3.66. The van der Waals surface area contributed by atoms with Crippen LogP contribution < -0.4 is 5.32 Å². The summed E-state index contributed by atoms with van der Waals surface area (Å²) in [6.45, 7) is 3.26. The predicted molar refractivity (Wildman–Crippen MR) is 92.7 cm³/mol. The molecule has 0 aliphatic carbocycles.